The monoisotopic (exact) mass is 312 g/mol. The maximum Gasteiger partial charge on any atom is 0.306 e. The van der Waals surface area contributed by atoms with Gasteiger partial charge in [-0.15, -0.1) is 0 Å². The number of benzene rings is 1. The summed E-state index contributed by atoms with van der Waals surface area (Å²) < 4.78 is 26.3. The van der Waals surface area contributed by atoms with Gasteiger partial charge in [0.1, 0.15) is 0 Å². The van der Waals surface area contributed by atoms with Crippen molar-refractivity contribution >= 4 is 21.9 Å². The Hall–Kier alpha value is -1.93. The van der Waals surface area contributed by atoms with Crippen LogP contribution in [0.15, 0.2) is 29.2 Å². The number of aliphatic carboxylic acids is 1. The van der Waals surface area contributed by atoms with Crippen LogP contribution in [0.2, 0.25) is 0 Å². The number of piperidine rings is 1. The lowest BCUT2D eigenvalue weighted by Gasteiger charge is -2.29. The minimum Gasteiger partial charge on any atom is -0.481 e. The number of nitrogens with two attached hydrogens (primary N) is 1. The highest BCUT2D eigenvalue weighted by Gasteiger charge is 2.33. The normalized spacial score (nSPS) is 17.5. The molecular formula is C13H16N2O5S. The fourth-order valence-electron chi connectivity index (χ4n) is 2.38. The second-order valence-electron chi connectivity index (χ2n) is 4.88. The van der Waals surface area contributed by atoms with Crippen LogP contribution in [-0.4, -0.2) is 42.8 Å². The van der Waals surface area contributed by atoms with E-state index in [4.69, 9.17) is 10.8 Å². The zero-order valence-corrected chi connectivity index (χ0v) is 12.0. The highest BCUT2D eigenvalue weighted by molar-refractivity contribution is 7.89. The molecule has 3 N–H and O–H groups in total. The van der Waals surface area contributed by atoms with E-state index in [-0.39, 0.29) is 36.4 Å². The first-order chi connectivity index (χ1) is 9.84. The molecule has 114 valence electrons. The van der Waals surface area contributed by atoms with Gasteiger partial charge in [0.2, 0.25) is 15.9 Å². The SMILES string of the molecule is NC(=O)c1ccccc1S(=O)(=O)N1CCC(C(=O)O)CC1. The maximum absolute atomic E-state index is 12.6. The van der Waals surface area contributed by atoms with Crippen molar-refractivity contribution in [3.05, 3.63) is 29.8 Å². The molecule has 0 unspecified atom stereocenters. The molecule has 21 heavy (non-hydrogen) atoms. The van der Waals surface area contributed by atoms with Crippen LogP contribution in [0.3, 0.4) is 0 Å². The van der Waals surface area contributed by atoms with Gasteiger partial charge in [0.05, 0.1) is 16.4 Å². The number of rotatable bonds is 4. The van der Waals surface area contributed by atoms with Gasteiger partial charge in [-0.3, -0.25) is 9.59 Å². The Morgan fingerprint density at radius 1 is 1.19 bits per heavy atom. The molecule has 7 nitrogen and oxygen atoms in total. The Morgan fingerprint density at radius 2 is 1.76 bits per heavy atom. The molecule has 1 aromatic carbocycles. The quantitative estimate of drug-likeness (QED) is 0.827. The Balaban J connectivity index is 2.28. The predicted octanol–water partition coefficient (Wildman–Crippen LogP) is 0.271. The molecule has 0 aromatic heterocycles. The Labute approximate surface area is 122 Å². The number of carbonyl (C=O) groups excluding carboxylic acids is 1. The minimum atomic E-state index is -3.85. The number of amides is 1. The number of hydrogen-bond acceptors (Lipinski definition) is 4. The number of carboxylic acids is 1. The molecule has 0 saturated carbocycles. The van der Waals surface area contributed by atoms with Crippen LogP contribution in [-0.2, 0) is 14.8 Å². The molecule has 2 rings (SSSR count). The zero-order chi connectivity index (χ0) is 15.6. The Kier molecular flexibility index (Phi) is 4.29. The number of sulfonamides is 1. The molecule has 1 heterocycles. The molecule has 1 saturated heterocycles. The first-order valence-electron chi connectivity index (χ1n) is 6.46. The van der Waals surface area contributed by atoms with Gasteiger partial charge in [0.15, 0.2) is 0 Å². The number of carbonyl (C=O) groups is 2. The first kappa shape index (κ1) is 15.5. The third kappa shape index (κ3) is 3.06. The average Bonchev–Trinajstić information content (AvgIpc) is 2.47. The van der Waals surface area contributed by atoms with E-state index >= 15 is 0 Å². The molecule has 1 aliphatic rings. The van der Waals surface area contributed by atoms with Crippen LogP contribution in [0.4, 0.5) is 0 Å². The first-order valence-corrected chi connectivity index (χ1v) is 7.90. The summed E-state index contributed by atoms with van der Waals surface area (Å²) in [6, 6.07) is 5.75. The topological polar surface area (TPSA) is 118 Å². The third-order valence-electron chi connectivity index (χ3n) is 3.57. The van der Waals surface area contributed by atoms with E-state index in [0.717, 1.165) is 0 Å². The van der Waals surface area contributed by atoms with Crippen LogP contribution < -0.4 is 5.73 Å². The van der Waals surface area contributed by atoms with Crippen LogP contribution >= 0.6 is 0 Å². The largest absolute Gasteiger partial charge is 0.481 e. The van der Waals surface area contributed by atoms with E-state index in [2.05, 4.69) is 0 Å². The second-order valence-corrected chi connectivity index (χ2v) is 6.78. The smallest absolute Gasteiger partial charge is 0.306 e. The van der Waals surface area contributed by atoms with Crippen LogP contribution in [0.5, 0.6) is 0 Å². The molecular weight excluding hydrogens is 296 g/mol. The van der Waals surface area contributed by atoms with E-state index in [1.807, 2.05) is 0 Å². The third-order valence-corrected chi connectivity index (χ3v) is 5.53. The van der Waals surface area contributed by atoms with Crippen LogP contribution in [0, 0.1) is 5.92 Å². The summed E-state index contributed by atoms with van der Waals surface area (Å²) in [5, 5.41) is 8.93. The lowest BCUT2D eigenvalue weighted by atomic mass is 9.99. The van der Waals surface area contributed by atoms with Crippen molar-refractivity contribution < 1.29 is 23.1 Å². The van der Waals surface area contributed by atoms with E-state index in [9.17, 15) is 18.0 Å². The number of hydrogen-bond donors (Lipinski definition) is 2. The van der Waals surface area contributed by atoms with Gasteiger partial charge in [-0.2, -0.15) is 4.31 Å². The lowest BCUT2D eigenvalue weighted by Crippen LogP contribution is -2.40. The van der Waals surface area contributed by atoms with Gasteiger partial charge in [-0.1, -0.05) is 12.1 Å². The lowest BCUT2D eigenvalue weighted by molar-refractivity contribution is -0.142. The minimum absolute atomic E-state index is 0.0575. The molecule has 1 aromatic rings. The van der Waals surface area contributed by atoms with Gasteiger partial charge in [-0.05, 0) is 25.0 Å². The molecule has 0 radical (unpaired) electrons. The Morgan fingerprint density at radius 3 is 2.29 bits per heavy atom. The molecule has 0 bridgehead atoms. The summed E-state index contributed by atoms with van der Waals surface area (Å²) in [6.45, 7) is 0.235. The summed E-state index contributed by atoms with van der Waals surface area (Å²) in [5.74, 6) is -2.25. The van der Waals surface area contributed by atoms with Gasteiger partial charge in [0, 0.05) is 13.1 Å². The standard InChI is InChI=1S/C13H16N2O5S/c14-12(16)10-3-1-2-4-11(10)21(19,20)15-7-5-9(6-8-15)13(17)18/h1-4,9H,5-8H2,(H2,14,16)(H,17,18). The van der Waals surface area contributed by atoms with Crippen molar-refractivity contribution in [2.24, 2.45) is 11.7 Å². The van der Waals surface area contributed by atoms with E-state index in [1.165, 1.54) is 28.6 Å². The fraction of sp³-hybridized carbons (Fsp3) is 0.385. The zero-order valence-electron chi connectivity index (χ0n) is 11.2. The van der Waals surface area contributed by atoms with Crippen molar-refractivity contribution in [3.8, 4) is 0 Å². The summed E-state index contributed by atoms with van der Waals surface area (Å²) in [6.07, 6.45) is 0.514. The molecule has 8 heteroatoms. The number of carboxylic acid groups (broad SMARTS) is 1. The van der Waals surface area contributed by atoms with Gasteiger partial charge < -0.3 is 10.8 Å². The molecule has 0 aliphatic carbocycles. The van der Waals surface area contributed by atoms with Crippen LogP contribution in [0.25, 0.3) is 0 Å². The van der Waals surface area contributed by atoms with Crippen molar-refractivity contribution in [2.45, 2.75) is 17.7 Å². The van der Waals surface area contributed by atoms with Crippen molar-refractivity contribution in [3.63, 3.8) is 0 Å². The van der Waals surface area contributed by atoms with Crippen molar-refractivity contribution in [1.82, 2.24) is 4.31 Å². The molecule has 0 atom stereocenters. The molecule has 1 amide bonds. The van der Waals surface area contributed by atoms with E-state index < -0.39 is 27.8 Å². The van der Waals surface area contributed by atoms with Crippen LogP contribution in [0.1, 0.15) is 23.2 Å². The number of primary amides is 1. The molecule has 1 aliphatic heterocycles. The molecule has 0 spiro atoms. The summed E-state index contributed by atoms with van der Waals surface area (Å²) in [7, 11) is -3.85. The average molecular weight is 312 g/mol. The second kappa shape index (κ2) is 5.82. The van der Waals surface area contributed by atoms with Gasteiger partial charge in [0.25, 0.3) is 0 Å². The summed E-state index contributed by atoms with van der Waals surface area (Å²) >= 11 is 0. The summed E-state index contributed by atoms with van der Waals surface area (Å²) in [5.41, 5.74) is 5.15. The van der Waals surface area contributed by atoms with Gasteiger partial charge in [-0.25, -0.2) is 8.42 Å². The van der Waals surface area contributed by atoms with Gasteiger partial charge >= 0.3 is 5.97 Å². The highest BCUT2D eigenvalue weighted by Crippen LogP contribution is 2.25. The Bertz CT molecular complexity index is 663. The van der Waals surface area contributed by atoms with Crippen molar-refractivity contribution in [1.29, 1.82) is 0 Å². The van der Waals surface area contributed by atoms with E-state index in [0.29, 0.717) is 0 Å². The van der Waals surface area contributed by atoms with E-state index in [1.54, 1.807) is 0 Å². The fourth-order valence-corrected chi connectivity index (χ4v) is 4.04. The predicted molar refractivity (Wildman–Crippen MR) is 74.1 cm³/mol. The summed E-state index contributed by atoms with van der Waals surface area (Å²) in [4.78, 5) is 22.1. The highest BCUT2D eigenvalue weighted by atomic mass is 32.2. The maximum atomic E-state index is 12.6. The molecule has 1 fully saturated rings. The van der Waals surface area contributed by atoms with Crippen molar-refractivity contribution in [2.75, 3.05) is 13.1 Å². The number of nitrogens with zero attached hydrogens (tertiary/aromatic N) is 1.